The van der Waals surface area contributed by atoms with Crippen LogP contribution in [-0.2, 0) is 0 Å². The van der Waals surface area contributed by atoms with Gasteiger partial charge in [-0.1, -0.05) is 117 Å². The van der Waals surface area contributed by atoms with Gasteiger partial charge in [-0.2, -0.15) is 0 Å². The van der Waals surface area contributed by atoms with Crippen LogP contribution in [0.25, 0.3) is 0 Å². The third-order valence-electron chi connectivity index (χ3n) is 4.52. The molecule has 0 aliphatic rings. The molecule has 148 valence electrons. The Labute approximate surface area is 153 Å². The Morgan fingerprint density at radius 1 is 0.333 bits per heavy atom. The van der Waals surface area contributed by atoms with E-state index in [4.69, 9.17) is 10.2 Å². The smallest absolute Gasteiger partial charge is 0.0431 e. The molecule has 0 amide bonds. The van der Waals surface area contributed by atoms with Crippen LogP contribution in [-0.4, -0.2) is 23.4 Å². The summed E-state index contributed by atoms with van der Waals surface area (Å²) in [5, 5.41) is 17.1. The molecule has 0 aliphatic heterocycles. The summed E-state index contributed by atoms with van der Waals surface area (Å²) in [4.78, 5) is 0. The maximum atomic E-state index is 8.54. The van der Waals surface area contributed by atoms with Crippen LogP contribution in [0.4, 0.5) is 0 Å². The molecule has 0 radical (unpaired) electrons. The van der Waals surface area contributed by atoms with E-state index in [0.717, 1.165) is 12.8 Å². The van der Waals surface area contributed by atoms with Crippen LogP contribution >= 0.6 is 0 Å². The third kappa shape index (κ3) is 29.9. The molecule has 0 bridgehead atoms. The molecule has 0 aromatic carbocycles. The Morgan fingerprint density at radius 2 is 0.542 bits per heavy atom. The van der Waals surface area contributed by atoms with Crippen molar-refractivity contribution in [1.29, 1.82) is 0 Å². The summed E-state index contributed by atoms with van der Waals surface area (Å²) in [6.07, 6.45) is 23.7. The zero-order valence-corrected chi connectivity index (χ0v) is 17.0. The van der Waals surface area contributed by atoms with Gasteiger partial charge in [-0.05, 0) is 12.8 Å². The molecule has 0 fully saturated rings. The van der Waals surface area contributed by atoms with Crippen LogP contribution in [0.2, 0.25) is 0 Å². The standard InChI is InChI=1S/2C11H24O/c2*1-2-3-4-5-6-7-8-9-10-11-12/h2*12H,2-11H2,1H3. The van der Waals surface area contributed by atoms with Gasteiger partial charge in [0.2, 0.25) is 0 Å². The molecule has 0 rings (SSSR count). The van der Waals surface area contributed by atoms with Crippen LogP contribution < -0.4 is 0 Å². The lowest BCUT2D eigenvalue weighted by Gasteiger charge is -1.99. The molecule has 0 aromatic rings. The summed E-state index contributed by atoms with van der Waals surface area (Å²) in [5.41, 5.74) is 0. The molecular formula is C22H48O2. The monoisotopic (exact) mass is 344 g/mol. The second-order valence-electron chi connectivity index (χ2n) is 7.10. The quantitative estimate of drug-likeness (QED) is 0.262. The maximum absolute atomic E-state index is 8.54. The van der Waals surface area contributed by atoms with E-state index in [-0.39, 0.29) is 0 Å². The predicted molar refractivity (Wildman–Crippen MR) is 109 cm³/mol. The Hall–Kier alpha value is -0.0800. The van der Waals surface area contributed by atoms with Crippen molar-refractivity contribution in [2.24, 2.45) is 0 Å². The van der Waals surface area contributed by atoms with E-state index in [1.165, 1.54) is 103 Å². The summed E-state index contributed by atoms with van der Waals surface area (Å²) in [6, 6.07) is 0. The first-order valence-electron chi connectivity index (χ1n) is 11.0. The van der Waals surface area contributed by atoms with Gasteiger partial charge in [0, 0.05) is 13.2 Å². The first kappa shape index (κ1) is 26.2. The average molecular weight is 345 g/mol. The lowest BCUT2D eigenvalue weighted by atomic mass is 10.1. The molecule has 0 spiro atoms. The highest BCUT2D eigenvalue weighted by Crippen LogP contribution is 2.09. The number of unbranched alkanes of at least 4 members (excludes halogenated alkanes) is 16. The molecule has 0 unspecified atom stereocenters. The largest absolute Gasteiger partial charge is 0.396 e. The molecule has 0 aliphatic carbocycles. The van der Waals surface area contributed by atoms with Crippen LogP contribution in [0.3, 0.4) is 0 Å². The Morgan fingerprint density at radius 3 is 0.750 bits per heavy atom. The van der Waals surface area contributed by atoms with Crippen molar-refractivity contribution in [3.63, 3.8) is 0 Å². The van der Waals surface area contributed by atoms with E-state index < -0.39 is 0 Å². The van der Waals surface area contributed by atoms with E-state index in [1.807, 2.05) is 0 Å². The minimum Gasteiger partial charge on any atom is -0.396 e. The van der Waals surface area contributed by atoms with Gasteiger partial charge in [0.05, 0.1) is 0 Å². The van der Waals surface area contributed by atoms with Crippen molar-refractivity contribution in [2.45, 2.75) is 129 Å². The molecule has 24 heavy (non-hydrogen) atoms. The number of hydrogen-bond acceptors (Lipinski definition) is 2. The summed E-state index contributed by atoms with van der Waals surface area (Å²) in [6.45, 7) is 5.24. The van der Waals surface area contributed by atoms with Gasteiger partial charge in [0.25, 0.3) is 0 Å². The average Bonchev–Trinajstić information content (AvgIpc) is 2.60. The lowest BCUT2D eigenvalue weighted by Crippen LogP contribution is -1.84. The normalized spacial score (nSPS) is 10.5. The Balaban J connectivity index is 0. The molecule has 0 saturated carbocycles. The van der Waals surface area contributed by atoms with E-state index in [9.17, 15) is 0 Å². The Kier molecular flexibility index (Phi) is 30.2. The van der Waals surface area contributed by atoms with E-state index >= 15 is 0 Å². The summed E-state index contributed by atoms with van der Waals surface area (Å²) < 4.78 is 0. The number of aliphatic hydroxyl groups excluding tert-OH is 2. The highest BCUT2D eigenvalue weighted by atomic mass is 16.3. The second-order valence-corrected chi connectivity index (χ2v) is 7.10. The van der Waals surface area contributed by atoms with E-state index in [0.29, 0.717) is 13.2 Å². The molecule has 0 heterocycles. The third-order valence-corrected chi connectivity index (χ3v) is 4.52. The van der Waals surface area contributed by atoms with Crippen molar-refractivity contribution in [2.75, 3.05) is 13.2 Å². The van der Waals surface area contributed by atoms with Crippen LogP contribution in [0, 0.1) is 0 Å². The molecule has 2 N–H and O–H groups in total. The SMILES string of the molecule is CCCCCCCCCCCO.CCCCCCCCCCCO. The first-order chi connectivity index (χ1) is 11.8. The molecule has 2 nitrogen and oxygen atoms in total. The molecule has 0 aromatic heterocycles. The van der Waals surface area contributed by atoms with Gasteiger partial charge in [0.15, 0.2) is 0 Å². The van der Waals surface area contributed by atoms with Crippen LogP contribution in [0.5, 0.6) is 0 Å². The molecule has 2 heteroatoms. The fourth-order valence-electron chi connectivity index (χ4n) is 2.84. The number of aliphatic hydroxyl groups is 2. The van der Waals surface area contributed by atoms with Gasteiger partial charge in [-0.25, -0.2) is 0 Å². The summed E-state index contributed by atoms with van der Waals surface area (Å²) in [5.74, 6) is 0. The molecule has 0 atom stereocenters. The first-order valence-corrected chi connectivity index (χ1v) is 11.0. The van der Waals surface area contributed by atoms with E-state index in [2.05, 4.69) is 13.8 Å². The zero-order chi connectivity index (χ0) is 18.1. The second kappa shape index (κ2) is 27.8. The summed E-state index contributed by atoms with van der Waals surface area (Å²) >= 11 is 0. The van der Waals surface area contributed by atoms with Gasteiger partial charge in [-0.15, -0.1) is 0 Å². The minimum absolute atomic E-state index is 0.371. The van der Waals surface area contributed by atoms with Crippen molar-refractivity contribution >= 4 is 0 Å². The highest BCUT2D eigenvalue weighted by Gasteiger charge is 1.91. The maximum Gasteiger partial charge on any atom is 0.0431 e. The fourth-order valence-corrected chi connectivity index (χ4v) is 2.84. The number of hydrogen-bond donors (Lipinski definition) is 2. The topological polar surface area (TPSA) is 40.5 Å². The van der Waals surface area contributed by atoms with Gasteiger partial charge < -0.3 is 10.2 Å². The van der Waals surface area contributed by atoms with Crippen molar-refractivity contribution in [3.05, 3.63) is 0 Å². The molecular weight excluding hydrogens is 296 g/mol. The van der Waals surface area contributed by atoms with Crippen LogP contribution in [0.1, 0.15) is 129 Å². The fraction of sp³-hybridized carbons (Fsp3) is 1.00. The lowest BCUT2D eigenvalue weighted by molar-refractivity contribution is 0.282. The van der Waals surface area contributed by atoms with Crippen molar-refractivity contribution in [1.82, 2.24) is 0 Å². The predicted octanol–water partition coefficient (Wildman–Crippen LogP) is 7.02. The van der Waals surface area contributed by atoms with Crippen LogP contribution in [0.15, 0.2) is 0 Å². The Bertz CT molecular complexity index is 143. The van der Waals surface area contributed by atoms with E-state index in [1.54, 1.807) is 0 Å². The summed E-state index contributed by atoms with van der Waals surface area (Å²) in [7, 11) is 0. The van der Waals surface area contributed by atoms with Gasteiger partial charge in [-0.3, -0.25) is 0 Å². The highest BCUT2D eigenvalue weighted by molar-refractivity contribution is 4.46. The minimum atomic E-state index is 0.371. The molecule has 0 saturated heterocycles. The van der Waals surface area contributed by atoms with Crippen molar-refractivity contribution in [3.8, 4) is 0 Å². The number of rotatable bonds is 18. The van der Waals surface area contributed by atoms with Gasteiger partial charge in [0.1, 0.15) is 0 Å². The van der Waals surface area contributed by atoms with Gasteiger partial charge >= 0.3 is 0 Å². The zero-order valence-electron chi connectivity index (χ0n) is 17.0. The van der Waals surface area contributed by atoms with Crippen molar-refractivity contribution < 1.29 is 10.2 Å².